The molecule has 2 aliphatic rings. The molecule has 2 aromatic heterocycles. The number of carbonyl (C=O) groups is 1. The van der Waals surface area contributed by atoms with E-state index in [1.54, 1.807) is 11.3 Å². The molecule has 2 aromatic rings. The van der Waals surface area contributed by atoms with Gasteiger partial charge in [-0.2, -0.15) is 0 Å². The largest absolute Gasteiger partial charge is 0.337 e. The van der Waals surface area contributed by atoms with Crippen molar-refractivity contribution in [2.45, 2.75) is 50.4 Å². The lowest BCUT2D eigenvalue weighted by atomic mass is 10.1. The van der Waals surface area contributed by atoms with Crippen LogP contribution in [0.15, 0.2) is 16.6 Å². The second-order valence-electron chi connectivity index (χ2n) is 6.08. The summed E-state index contributed by atoms with van der Waals surface area (Å²) in [7, 11) is 0. The topological polar surface area (TPSA) is 51.0 Å². The van der Waals surface area contributed by atoms with Crippen LogP contribution >= 0.6 is 23.1 Å². The van der Waals surface area contributed by atoms with E-state index < -0.39 is 0 Å². The smallest absolute Gasteiger partial charge is 0.233 e. The van der Waals surface area contributed by atoms with Crippen molar-refractivity contribution in [1.29, 1.82) is 0 Å². The van der Waals surface area contributed by atoms with Gasteiger partial charge < -0.3 is 9.47 Å². The highest BCUT2D eigenvalue weighted by Crippen LogP contribution is 2.26. The van der Waals surface area contributed by atoms with Crippen molar-refractivity contribution in [2.24, 2.45) is 0 Å². The van der Waals surface area contributed by atoms with Crippen molar-refractivity contribution >= 4 is 29.0 Å². The minimum Gasteiger partial charge on any atom is -0.337 e. The highest BCUT2D eigenvalue weighted by molar-refractivity contribution is 7.99. The molecule has 7 heteroatoms. The molecule has 0 atom stereocenters. The number of amides is 1. The van der Waals surface area contributed by atoms with Crippen LogP contribution in [0.5, 0.6) is 0 Å². The Hall–Kier alpha value is -1.34. The Morgan fingerprint density at radius 3 is 3.13 bits per heavy atom. The number of aryl methyl sites for hydroxylation is 1. The second kappa shape index (κ2) is 6.65. The molecule has 2 aliphatic heterocycles. The standard InChI is InChI=1S/C16H20N4OS2/c21-15(19-8-5-13-12(10-19)6-9-22-13)11-23-16-18-17-14-4-2-1-3-7-20(14)16/h6,9H,1-5,7-8,10-11H2. The number of rotatable bonds is 3. The van der Waals surface area contributed by atoms with Gasteiger partial charge in [-0.05, 0) is 36.3 Å². The van der Waals surface area contributed by atoms with Crippen molar-refractivity contribution in [2.75, 3.05) is 12.3 Å². The average molecular weight is 348 g/mol. The summed E-state index contributed by atoms with van der Waals surface area (Å²) in [4.78, 5) is 15.9. The Bertz CT molecular complexity index is 709. The molecule has 0 bridgehead atoms. The molecule has 0 spiro atoms. The van der Waals surface area contributed by atoms with Crippen molar-refractivity contribution in [3.63, 3.8) is 0 Å². The SMILES string of the molecule is O=C(CSc1nnc2n1CCCCC2)N1CCc2sccc2C1. The third-order valence-electron chi connectivity index (χ3n) is 4.56. The number of thiophene rings is 1. The number of hydrogen-bond donors (Lipinski definition) is 0. The van der Waals surface area contributed by atoms with E-state index in [0.717, 1.165) is 43.5 Å². The Labute approximate surface area is 144 Å². The minimum absolute atomic E-state index is 0.206. The summed E-state index contributed by atoms with van der Waals surface area (Å²) in [6.45, 7) is 2.59. The molecule has 0 aliphatic carbocycles. The van der Waals surface area contributed by atoms with Crippen molar-refractivity contribution in [3.8, 4) is 0 Å². The van der Waals surface area contributed by atoms with Crippen molar-refractivity contribution < 1.29 is 4.79 Å². The number of aromatic nitrogens is 3. The molecule has 0 saturated heterocycles. The van der Waals surface area contributed by atoms with Crippen LogP contribution in [0.1, 0.15) is 35.5 Å². The maximum atomic E-state index is 12.5. The molecule has 0 saturated carbocycles. The van der Waals surface area contributed by atoms with Gasteiger partial charge in [0.25, 0.3) is 0 Å². The van der Waals surface area contributed by atoms with E-state index in [9.17, 15) is 4.79 Å². The summed E-state index contributed by atoms with van der Waals surface area (Å²) >= 11 is 3.34. The lowest BCUT2D eigenvalue weighted by molar-refractivity contribution is -0.129. The first-order valence-corrected chi connectivity index (χ1v) is 10.1. The Kier molecular flexibility index (Phi) is 4.39. The zero-order valence-corrected chi connectivity index (χ0v) is 14.7. The van der Waals surface area contributed by atoms with Crippen LogP contribution in [0.2, 0.25) is 0 Å². The fraction of sp³-hybridized carbons (Fsp3) is 0.562. The maximum absolute atomic E-state index is 12.5. The Morgan fingerprint density at radius 2 is 2.17 bits per heavy atom. The zero-order valence-electron chi connectivity index (χ0n) is 13.0. The lowest BCUT2D eigenvalue weighted by Gasteiger charge is -2.26. The lowest BCUT2D eigenvalue weighted by Crippen LogP contribution is -2.36. The van der Waals surface area contributed by atoms with Crippen LogP contribution in [0.25, 0.3) is 0 Å². The first kappa shape index (κ1) is 15.2. The normalized spacial score (nSPS) is 17.5. The van der Waals surface area contributed by atoms with Crippen LogP contribution in [0.3, 0.4) is 0 Å². The van der Waals surface area contributed by atoms with Crippen LogP contribution < -0.4 is 0 Å². The van der Waals surface area contributed by atoms with E-state index in [1.165, 1.54) is 41.5 Å². The Balaban J connectivity index is 1.38. The third kappa shape index (κ3) is 3.17. The van der Waals surface area contributed by atoms with E-state index in [-0.39, 0.29) is 5.91 Å². The molecule has 5 nitrogen and oxygen atoms in total. The summed E-state index contributed by atoms with van der Waals surface area (Å²) in [6.07, 6.45) is 5.62. The van der Waals surface area contributed by atoms with Gasteiger partial charge in [-0.1, -0.05) is 18.2 Å². The number of nitrogens with zero attached hydrogens (tertiary/aromatic N) is 4. The highest BCUT2D eigenvalue weighted by atomic mass is 32.2. The maximum Gasteiger partial charge on any atom is 0.233 e. The summed E-state index contributed by atoms with van der Waals surface area (Å²) in [5.41, 5.74) is 1.32. The van der Waals surface area contributed by atoms with E-state index in [2.05, 4.69) is 26.2 Å². The highest BCUT2D eigenvalue weighted by Gasteiger charge is 2.22. The fourth-order valence-corrected chi connectivity index (χ4v) is 5.02. The van der Waals surface area contributed by atoms with Gasteiger partial charge in [0.05, 0.1) is 5.75 Å². The molecular weight excluding hydrogens is 328 g/mol. The number of carbonyl (C=O) groups excluding carboxylic acids is 1. The molecule has 0 aromatic carbocycles. The van der Waals surface area contributed by atoms with Crippen molar-refractivity contribution in [3.05, 3.63) is 27.7 Å². The fourth-order valence-electron chi connectivity index (χ4n) is 3.24. The summed E-state index contributed by atoms with van der Waals surface area (Å²) < 4.78 is 2.21. The minimum atomic E-state index is 0.206. The van der Waals surface area contributed by atoms with E-state index in [0.29, 0.717) is 5.75 Å². The van der Waals surface area contributed by atoms with Crippen LogP contribution in [0, 0.1) is 0 Å². The molecule has 23 heavy (non-hydrogen) atoms. The third-order valence-corrected chi connectivity index (χ3v) is 6.54. The molecule has 4 heterocycles. The quantitative estimate of drug-likeness (QED) is 0.801. The van der Waals surface area contributed by atoms with Gasteiger partial charge in [-0.15, -0.1) is 21.5 Å². The summed E-state index contributed by atoms with van der Waals surface area (Å²) in [5, 5.41) is 11.6. The first-order chi connectivity index (χ1) is 11.3. The molecular formula is C16H20N4OS2. The number of fused-ring (bicyclic) bond motifs is 2. The van der Waals surface area contributed by atoms with Crippen molar-refractivity contribution in [1.82, 2.24) is 19.7 Å². The van der Waals surface area contributed by atoms with Gasteiger partial charge in [-0.25, -0.2) is 0 Å². The average Bonchev–Trinajstić information content (AvgIpc) is 3.12. The molecule has 0 N–H and O–H groups in total. The summed E-state index contributed by atoms with van der Waals surface area (Å²) in [5.74, 6) is 1.74. The predicted octanol–water partition coefficient (Wildman–Crippen LogP) is 2.74. The van der Waals surface area contributed by atoms with Gasteiger partial charge in [0.1, 0.15) is 5.82 Å². The van der Waals surface area contributed by atoms with Gasteiger partial charge in [0, 0.05) is 30.9 Å². The number of thioether (sulfide) groups is 1. The van der Waals surface area contributed by atoms with Crippen LogP contribution in [-0.4, -0.2) is 37.9 Å². The van der Waals surface area contributed by atoms with E-state index in [4.69, 9.17) is 0 Å². The monoisotopic (exact) mass is 348 g/mol. The molecule has 0 unspecified atom stereocenters. The van der Waals surface area contributed by atoms with Gasteiger partial charge in [0.2, 0.25) is 5.91 Å². The van der Waals surface area contributed by atoms with E-state index in [1.807, 2.05) is 4.90 Å². The predicted molar refractivity (Wildman–Crippen MR) is 91.7 cm³/mol. The molecule has 122 valence electrons. The number of hydrogen-bond acceptors (Lipinski definition) is 5. The second-order valence-corrected chi connectivity index (χ2v) is 8.03. The first-order valence-electron chi connectivity index (χ1n) is 8.19. The summed E-state index contributed by atoms with van der Waals surface area (Å²) in [6, 6.07) is 2.14. The van der Waals surface area contributed by atoms with Gasteiger partial charge in [-0.3, -0.25) is 4.79 Å². The van der Waals surface area contributed by atoms with E-state index >= 15 is 0 Å². The Morgan fingerprint density at radius 1 is 1.22 bits per heavy atom. The molecule has 0 radical (unpaired) electrons. The molecule has 1 amide bonds. The molecule has 4 rings (SSSR count). The van der Waals surface area contributed by atoms with Gasteiger partial charge >= 0.3 is 0 Å². The molecule has 0 fully saturated rings. The zero-order chi connectivity index (χ0) is 15.6. The van der Waals surface area contributed by atoms with Gasteiger partial charge in [0.15, 0.2) is 5.16 Å². The van der Waals surface area contributed by atoms with Crippen LogP contribution in [-0.2, 0) is 30.7 Å². The van der Waals surface area contributed by atoms with Crippen LogP contribution in [0.4, 0.5) is 0 Å².